The van der Waals surface area contributed by atoms with Crippen LogP contribution in [0.1, 0.15) is 29.7 Å². The summed E-state index contributed by atoms with van der Waals surface area (Å²) >= 11 is 0. The standard InChI is InChI=1S/C14H21NO3/c1-8-9(2)12(18-5)7-6-11(8)13(15-4)10(3)14(16)17/h6-7,10,13,15H,1-5H3,(H,16,17). The second-order valence-electron chi connectivity index (χ2n) is 4.50. The van der Waals surface area contributed by atoms with Crippen LogP contribution in [0.2, 0.25) is 0 Å². The summed E-state index contributed by atoms with van der Waals surface area (Å²) in [5.74, 6) is -0.460. The summed E-state index contributed by atoms with van der Waals surface area (Å²) in [6.45, 7) is 5.68. The number of nitrogens with one attached hydrogen (secondary N) is 1. The van der Waals surface area contributed by atoms with Crippen molar-refractivity contribution in [2.45, 2.75) is 26.8 Å². The van der Waals surface area contributed by atoms with Gasteiger partial charge in [-0.25, -0.2) is 0 Å². The number of carboxylic acids is 1. The minimum Gasteiger partial charge on any atom is -0.496 e. The minimum absolute atomic E-state index is 0.202. The highest BCUT2D eigenvalue weighted by molar-refractivity contribution is 5.71. The highest BCUT2D eigenvalue weighted by atomic mass is 16.5. The van der Waals surface area contributed by atoms with E-state index in [1.807, 2.05) is 26.0 Å². The van der Waals surface area contributed by atoms with Crippen molar-refractivity contribution in [1.29, 1.82) is 0 Å². The van der Waals surface area contributed by atoms with Crippen molar-refractivity contribution in [3.63, 3.8) is 0 Å². The van der Waals surface area contributed by atoms with Crippen LogP contribution in [0.3, 0.4) is 0 Å². The van der Waals surface area contributed by atoms with Crippen LogP contribution in [-0.4, -0.2) is 25.2 Å². The van der Waals surface area contributed by atoms with Crippen molar-refractivity contribution in [3.8, 4) is 5.75 Å². The maximum atomic E-state index is 11.1. The summed E-state index contributed by atoms with van der Waals surface area (Å²) in [4.78, 5) is 11.1. The first kappa shape index (κ1) is 14.5. The van der Waals surface area contributed by atoms with E-state index >= 15 is 0 Å². The van der Waals surface area contributed by atoms with Gasteiger partial charge < -0.3 is 15.2 Å². The molecule has 0 radical (unpaired) electrons. The van der Waals surface area contributed by atoms with Crippen LogP contribution in [0.4, 0.5) is 0 Å². The quantitative estimate of drug-likeness (QED) is 0.843. The smallest absolute Gasteiger partial charge is 0.308 e. The Kier molecular flexibility index (Phi) is 4.73. The van der Waals surface area contributed by atoms with Gasteiger partial charge in [-0.05, 0) is 43.7 Å². The van der Waals surface area contributed by atoms with E-state index in [0.29, 0.717) is 0 Å². The summed E-state index contributed by atoms with van der Waals surface area (Å²) in [6.07, 6.45) is 0. The van der Waals surface area contributed by atoms with Gasteiger partial charge in [0.05, 0.1) is 13.0 Å². The molecule has 1 aromatic rings. The zero-order valence-electron chi connectivity index (χ0n) is 11.6. The van der Waals surface area contributed by atoms with Gasteiger partial charge in [0.1, 0.15) is 5.75 Å². The van der Waals surface area contributed by atoms with Crippen LogP contribution >= 0.6 is 0 Å². The summed E-state index contributed by atoms with van der Waals surface area (Å²) in [6, 6.07) is 3.62. The van der Waals surface area contributed by atoms with Crippen LogP contribution in [0.25, 0.3) is 0 Å². The summed E-state index contributed by atoms with van der Waals surface area (Å²) in [5, 5.41) is 12.2. The van der Waals surface area contributed by atoms with E-state index in [1.54, 1.807) is 21.1 Å². The van der Waals surface area contributed by atoms with Gasteiger partial charge in [-0.1, -0.05) is 13.0 Å². The third-order valence-corrected chi connectivity index (χ3v) is 3.53. The first-order chi connectivity index (χ1) is 8.43. The molecule has 1 rings (SSSR count). The molecule has 2 N–H and O–H groups in total. The van der Waals surface area contributed by atoms with Crippen molar-refractivity contribution < 1.29 is 14.6 Å². The minimum atomic E-state index is -0.803. The number of carboxylic acid groups (broad SMARTS) is 1. The van der Waals surface area contributed by atoms with Crippen LogP contribution in [0, 0.1) is 19.8 Å². The number of carbonyl (C=O) groups is 1. The third-order valence-electron chi connectivity index (χ3n) is 3.53. The van der Waals surface area contributed by atoms with Crippen molar-refractivity contribution in [1.82, 2.24) is 5.32 Å². The number of rotatable bonds is 5. The van der Waals surface area contributed by atoms with E-state index in [4.69, 9.17) is 9.84 Å². The van der Waals surface area contributed by atoms with Gasteiger partial charge in [0.2, 0.25) is 0 Å². The number of methoxy groups -OCH3 is 1. The molecule has 4 nitrogen and oxygen atoms in total. The Hall–Kier alpha value is -1.55. The Morgan fingerprint density at radius 3 is 2.39 bits per heavy atom. The predicted molar refractivity (Wildman–Crippen MR) is 71.1 cm³/mol. The zero-order chi connectivity index (χ0) is 13.9. The molecule has 2 unspecified atom stereocenters. The van der Waals surface area contributed by atoms with E-state index in [0.717, 1.165) is 22.4 Å². The summed E-state index contributed by atoms with van der Waals surface area (Å²) in [5.41, 5.74) is 3.13. The lowest BCUT2D eigenvalue weighted by Gasteiger charge is -2.24. The molecule has 2 atom stereocenters. The fourth-order valence-corrected chi connectivity index (χ4v) is 2.19. The Balaban J connectivity index is 3.23. The Labute approximate surface area is 108 Å². The van der Waals surface area contributed by atoms with E-state index in [1.165, 1.54) is 0 Å². The fourth-order valence-electron chi connectivity index (χ4n) is 2.19. The van der Waals surface area contributed by atoms with Crippen LogP contribution in [-0.2, 0) is 4.79 Å². The number of hydrogen-bond donors (Lipinski definition) is 2. The number of hydrogen-bond acceptors (Lipinski definition) is 3. The predicted octanol–water partition coefficient (Wildman–Crippen LogP) is 2.29. The monoisotopic (exact) mass is 251 g/mol. The van der Waals surface area contributed by atoms with Gasteiger partial charge in [0, 0.05) is 6.04 Å². The normalized spacial score (nSPS) is 14.1. The van der Waals surface area contributed by atoms with Gasteiger partial charge in [0.15, 0.2) is 0 Å². The van der Waals surface area contributed by atoms with Crippen LogP contribution in [0.5, 0.6) is 5.75 Å². The lowest BCUT2D eigenvalue weighted by atomic mass is 9.89. The molecule has 0 fully saturated rings. The van der Waals surface area contributed by atoms with Crippen molar-refractivity contribution >= 4 is 5.97 Å². The molecule has 18 heavy (non-hydrogen) atoms. The van der Waals surface area contributed by atoms with Gasteiger partial charge in [-0.2, -0.15) is 0 Å². The summed E-state index contributed by atoms with van der Waals surface area (Å²) < 4.78 is 5.27. The average molecular weight is 251 g/mol. The molecular weight excluding hydrogens is 230 g/mol. The van der Waals surface area contributed by atoms with Crippen molar-refractivity contribution in [2.75, 3.05) is 14.2 Å². The number of ether oxygens (including phenoxy) is 1. The fraction of sp³-hybridized carbons (Fsp3) is 0.500. The Bertz CT molecular complexity index is 443. The highest BCUT2D eigenvalue weighted by Gasteiger charge is 2.25. The highest BCUT2D eigenvalue weighted by Crippen LogP contribution is 2.31. The lowest BCUT2D eigenvalue weighted by molar-refractivity contribution is -0.142. The Morgan fingerprint density at radius 2 is 1.94 bits per heavy atom. The lowest BCUT2D eigenvalue weighted by Crippen LogP contribution is -2.29. The maximum absolute atomic E-state index is 11.1. The maximum Gasteiger partial charge on any atom is 0.308 e. The van der Waals surface area contributed by atoms with E-state index in [-0.39, 0.29) is 6.04 Å². The molecule has 0 saturated carbocycles. The second kappa shape index (κ2) is 5.87. The zero-order valence-corrected chi connectivity index (χ0v) is 11.6. The van der Waals surface area contributed by atoms with Gasteiger partial charge >= 0.3 is 5.97 Å². The molecule has 0 aliphatic heterocycles. The van der Waals surface area contributed by atoms with Gasteiger partial charge in [0.25, 0.3) is 0 Å². The molecule has 0 aliphatic carbocycles. The average Bonchev–Trinajstić information content (AvgIpc) is 2.35. The molecule has 0 aliphatic rings. The molecule has 1 aromatic carbocycles. The van der Waals surface area contributed by atoms with E-state index in [2.05, 4.69) is 5.32 Å². The molecule has 0 saturated heterocycles. The molecule has 0 aromatic heterocycles. The molecule has 0 amide bonds. The second-order valence-corrected chi connectivity index (χ2v) is 4.50. The first-order valence-corrected chi connectivity index (χ1v) is 5.98. The SMILES string of the molecule is CNC(c1ccc(OC)c(C)c1C)C(C)C(=O)O. The van der Waals surface area contributed by atoms with Crippen LogP contribution < -0.4 is 10.1 Å². The number of benzene rings is 1. The Morgan fingerprint density at radius 1 is 1.33 bits per heavy atom. The van der Waals surface area contributed by atoms with Crippen LogP contribution in [0.15, 0.2) is 12.1 Å². The largest absolute Gasteiger partial charge is 0.496 e. The third kappa shape index (κ3) is 2.64. The topological polar surface area (TPSA) is 58.6 Å². The van der Waals surface area contributed by atoms with E-state index < -0.39 is 11.9 Å². The summed E-state index contributed by atoms with van der Waals surface area (Å²) in [7, 11) is 3.42. The molecule has 4 heteroatoms. The molecule has 100 valence electrons. The molecule has 0 heterocycles. The number of aliphatic carboxylic acids is 1. The first-order valence-electron chi connectivity index (χ1n) is 5.98. The molecule has 0 spiro atoms. The van der Waals surface area contributed by atoms with E-state index in [9.17, 15) is 4.79 Å². The molecular formula is C14H21NO3. The molecule has 0 bridgehead atoms. The van der Waals surface area contributed by atoms with Gasteiger partial charge in [-0.3, -0.25) is 4.79 Å². The van der Waals surface area contributed by atoms with Gasteiger partial charge in [-0.15, -0.1) is 0 Å². The van der Waals surface area contributed by atoms with Crippen molar-refractivity contribution in [2.24, 2.45) is 5.92 Å². The van der Waals surface area contributed by atoms with Crippen molar-refractivity contribution in [3.05, 3.63) is 28.8 Å².